The van der Waals surface area contributed by atoms with Crippen LogP contribution in [-0.2, 0) is 19.1 Å². The predicted octanol–water partition coefficient (Wildman–Crippen LogP) is -1.04. The minimum absolute atomic E-state index is 0.0700. The molecule has 0 saturated carbocycles. The summed E-state index contributed by atoms with van der Waals surface area (Å²) in [7, 11) is 1.38. The molecule has 0 rings (SSSR count). The van der Waals surface area contributed by atoms with Crippen molar-refractivity contribution in [2.75, 3.05) is 26.8 Å². The van der Waals surface area contributed by atoms with Crippen molar-refractivity contribution in [3.63, 3.8) is 0 Å². The lowest BCUT2D eigenvalue weighted by Gasteiger charge is -2.18. The molecular weight excluding hydrogens is 228 g/mol. The average molecular weight is 248 g/mol. The molecule has 0 aromatic heterocycles. The fraction of sp³-hybridized carbons (Fsp3) is 0.800. The highest BCUT2D eigenvalue weighted by Gasteiger charge is 2.19. The van der Waals surface area contributed by atoms with Crippen LogP contribution in [0.5, 0.6) is 0 Å². The lowest BCUT2D eigenvalue weighted by Crippen LogP contribution is -2.44. The molecule has 0 spiro atoms. The van der Waals surface area contributed by atoms with Crippen LogP contribution in [0, 0.1) is 0 Å². The summed E-state index contributed by atoms with van der Waals surface area (Å²) in [5, 5.41) is 11.2. The van der Waals surface area contributed by atoms with Gasteiger partial charge >= 0.3 is 5.97 Å². The van der Waals surface area contributed by atoms with E-state index in [0.717, 1.165) is 0 Å². The van der Waals surface area contributed by atoms with E-state index in [1.165, 1.54) is 7.11 Å². The standard InChI is InChI=1S/C10H20N2O5/c1-3-17-7(4-9(13)14)6-12-10(15)8(5-11)16-2/h7-8H,3-6,11H2,1-2H3,(H,12,15)(H,13,14). The van der Waals surface area contributed by atoms with E-state index in [4.69, 9.17) is 20.3 Å². The second-order valence-corrected chi connectivity index (χ2v) is 3.38. The normalized spacial score (nSPS) is 14.1. The number of carbonyl (C=O) groups is 2. The number of ether oxygens (including phenoxy) is 2. The number of hydrogen-bond donors (Lipinski definition) is 3. The van der Waals surface area contributed by atoms with Gasteiger partial charge < -0.3 is 25.6 Å². The van der Waals surface area contributed by atoms with E-state index in [-0.39, 0.29) is 25.4 Å². The maximum absolute atomic E-state index is 11.5. The number of methoxy groups -OCH3 is 1. The zero-order valence-corrected chi connectivity index (χ0v) is 10.1. The summed E-state index contributed by atoms with van der Waals surface area (Å²) in [4.78, 5) is 22.0. The van der Waals surface area contributed by atoms with Gasteiger partial charge in [0.15, 0.2) is 0 Å². The van der Waals surface area contributed by atoms with Crippen molar-refractivity contribution in [1.29, 1.82) is 0 Å². The van der Waals surface area contributed by atoms with E-state index >= 15 is 0 Å². The van der Waals surface area contributed by atoms with Gasteiger partial charge in [-0.3, -0.25) is 9.59 Å². The number of carbonyl (C=O) groups excluding carboxylic acids is 1. The summed E-state index contributed by atoms with van der Waals surface area (Å²) >= 11 is 0. The molecule has 0 aliphatic carbocycles. The molecule has 2 atom stereocenters. The van der Waals surface area contributed by atoms with Gasteiger partial charge in [-0.25, -0.2) is 0 Å². The Morgan fingerprint density at radius 3 is 2.53 bits per heavy atom. The van der Waals surface area contributed by atoms with Crippen LogP contribution in [0.3, 0.4) is 0 Å². The van der Waals surface area contributed by atoms with Crippen LogP contribution >= 0.6 is 0 Å². The van der Waals surface area contributed by atoms with Gasteiger partial charge in [-0.15, -0.1) is 0 Å². The molecule has 0 bridgehead atoms. The lowest BCUT2D eigenvalue weighted by atomic mass is 10.2. The van der Waals surface area contributed by atoms with E-state index in [1.54, 1.807) is 6.92 Å². The third-order valence-electron chi connectivity index (χ3n) is 2.10. The zero-order valence-electron chi connectivity index (χ0n) is 10.1. The van der Waals surface area contributed by atoms with Crippen molar-refractivity contribution in [2.24, 2.45) is 5.73 Å². The summed E-state index contributed by atoms with van der Waals surface area (Å²) in [6.07, 6.45) is -1.42. The molecule has 7 nitrogen and oxygen atoms in total. The number of carboxylic acids is 1. The van der Waals surface area contributed by atoms with Gasteiger partial charge in [0.1, 0.15) is 6.10 Å². The SMILES string of the molecule is CCOC(CNC(=O)C(CN)OC)CC(=O)O. The smallest absolute Gasteiger partial charge is 0.306 e. The van der Waals surface area contributed by atoms with Crippen molar-refractivity contribution < 1.29 is 24.2 Å². The van der Waals surface area contributed by atoms with E-state index in [1.807, 2.05) is 0 Å². The highest BCUT2D eigenvalue weighted by atomic mass is 16.5. The molecule has 0 aliphatic rings. The summed E-state index contributed by atoms with van der Waals surface area (Å²) < 4.78 is 10.0. The number of amides is 1. The van der Waals surface area contributed by atoms with Crippen LogP contribution in [0.15, 0.2) is 0 Å². The number of hydrogen-bond acceptors (Lipinski definition) is 5. The first kappa shape index (κ1) is 15.8. The first-order chi connectivity index (χ1) is 8.04. The molecule has 1 amide bonds. The van der Waals surface area contributed by atoms with Gasteiger partial charge in [0.2, 0.25) is 0 Å². The monoisotopic (exact) mass is 248 g/mol. The topological polar surface area (TPSA) is 111 Å². The van der Waals surface area contributed by atoms with Crippen LogP contribution in [-0.4, -0.2) is 56.0 Å². The molecule has 0 fully saturated rings. The lowest BCUT2D eigenvalue weighted by molar-refractivity contribution is -0.141. The predicted molar refractivity (Wildman–Crippen MR) is 60.5 cm³/mol. The molecule has 0 radical (unpaired) electrons. The Kier molecular flexibility index (Phi) is 8.29. The first-order valence-corrected chi connectivity index (χ1v) is 5.39. The molecule has 4 N–H and O–H groups in total. The Morgan fingerprint density at radius 1 is 1.47 bits per heavy atom. The van der Waals surface area contributed by atoms with Crippen LogP contribution in [0.25, 0.3) is 0 Å². The molecule has 2 unspecified atom stereocenters. The second kappa shape index (κ2) is 8.91. The number of nitrogens with one attached hydrogen (secondary N) is 1. The van der Waals surface area contributed by atoms with Gasteiger partial charge in [0.05, 0.1) is 12.5 Å². The summed E-state index contributed by atoms with van der Waals surface area (Å²) in [5.74, 6) is -1.34. The van der Waals surface area contributed by atoms with E-state index in [0.29, 0.717) is 6.61 Å². The van der Waals surface area contributed by atoms with Crippen LogP contribution in [0.1, 0.15) is 13.3 Å². The Hall–Kier alpha value is -1.18. The Morgan fingerprint density at radius 2 is 2.12 bits per heavy atom. The van der Waals surface area contributed by atoms with Crippen molar-refractivity contribution in [2.45, 2.75) is 25.6 Å². The van der Waals surface area contributed by atoms with Crippen molar-refractivity contribution in [3.05, 3.63) is 0 Å². The Bertz CT molecular complexity index is 243. The average Bonchev–Trinajstić information content (AvgIpc) is 2.27. The maximum atomic E-state index is 11.5. The minimum atomic E-state index is -0.972. The highest BCUT2D eigenvalue weighted by Crippen LogP contribution is 1.98. The highest BCUT2D eigenvalue weighted by molar-refractivity contribution is 5.81. The quantitative estimate of drug-likeness (QED) is 0.480. The third-order valence-corrected chi connectivity index (χ3v) is 2.10. The van der Waals surface area contributed by atoms with Gasteiger partial charge in [-0.1, -0.05) is 0 Å². The largest absolute Gasteiger partial charge is 0.481 e. The van der Waals surface area contributed by atoms with Crippen LogP contribution < -0.4 is 11.1 Å². The van der Waals surface area contributed by atoms with Crippen molar-refractivity contribution >= 4 is 11.9 Å². The summed E-state index contributed by atoms with van der Waals surface area (Å²) in [5.41, 5.74) is 5.32. The molecule has 0 saturated heterocycles. The molecular formula is C10H20N2O5. The molecule has 0 aromatic carbocycles. The fourth-order valence-corrected chi connectivity index (χ4v) is 1.26. The molecule has 0 aromatic rings. The second-order valence-electron chi connectivity index (χ2n) is 3.38. The summed E-state index contributed by atoms with van der Waals surface area (Å²) in [6.45, 7) is 2.34. The van der Waals surface area contributed by atoms with Gasteiger partial charge in [0, 0.05) is 26.8 Å². The van der Waals surface area contributed by atoms with Gasteiger partial charge in [-0.2, -0.15) is 0 Å². The van der Waals surface area contributed by atoms with Gasteiger partial charge in [-0.05, 0) is 6.92 Å². The van der Waals surface area contributed by atoms with E-state index in [2.05, 4.69) is 5.32 Å². The minimum Gasteiger partial charge on any atom is -0.481 e. The molecule has 0 aliphatic heterocycles. The molecule has 100 valence electrons. The van der Waals surface area contributed by atoms with Crippen LogP contribution in [0.4, 0.5) is 0 Å². The van der Waals surface area contributed by atoms with E-state index < -0.39 is 18.2 Å². The fourth-order valence-electron chi connectivity index (χ4n) is 1.26. The zero-order chi connectivity index (χ0) is 13.3. The number of carboxylic acid groups (broad SMARTS) is 1. The Balaban J connectivity index is 4.10. The summed E-state index contributed by atoms with van der Waals surface area (Å²) in [6, 6.07) is 0. The molecule has 7 heteroatoms. The van der Waals surface area contributed by atoms with Gasteiger partial charge in [0.25, 0.3) is 5.91 Å². The van der Waals surface area contributed by atoms with Crippen molar-refractivity contribution in [3.8, 4) is 0 Å². The van der Waals surface area contributed by atoms with Crippen LogP contribution in [0.2, 0.25) is 0 Å². The molecule has 17 heavy (non-hydrogen) atoms. The number of aliphatic carboxylic acids is 1. The van der Waals surface area contributed by atoms with Crippen molar-refractivity contribution in [1.82, 2.24) is 5.32 Å². The molecule has 0 heterocycles. The number of rotatable bonds is 9. The van der Waals surface area contributed by atoms with E-state index in [9.17, 15) is 9.59 Å². The third kappa shape index (κ3) is 6.88. The number of nitrogens with two attached hydrogens (primary N) is 1. The maximum Gasteiger partial charge on any atom is 0.306 e. The Labute approximate surface area is 100 Å². The first-order valence-electron chi connectivity index (χ1n) is 5.39.